The molecule has 1 unspecified atom stereocenters. The molecule has 3 nitrogen and oxygen atoms in total. The van der Waals surface area contributed by atoms with E-state index in [4.69, 9.17) is 0 Å². The molecule has 0 heterocycles. The fourth-order valence-electron chi connectivity index (χ4n) is 1.60. The van der Waals surface area contributed by atoms with E-state index in [0.717, 1.165) is 5.56 Å². The molecule has 1 rings (SSSR count). The predicted molar refractivity (Wildman–Crippen MR) is 75.5 cm³/mol. The highest BCUT2D eigenvalue weighted by Gasteiger charge is 2.14. The maximum Gasteiger partial charge on any atom is 0.234 e. The number of hydrogen-bond donors (Lipinski definition) is 2. The van der Waals surface area contributed by atoms with Gasteiger partial charge in [-0.2, -0.15) is 0 Å². The first kappa shape index (κ1) is 15.6. The molecule has 0 radical (unpaired) electrons. The molecule has 0 saturated carbocycles. The molecular formula is C15H23FN2O. The molecule has 0 aromatic heterocycles. The average Bonchev–Trinajstić information content (AvgIpc) is 2.29. The molecule has 0 fully saturated rings. The van der Waals surface area contributed by atoms with Gasteiger partial charge in [0, 0.05) is 5.54 Å². The summed E-state index contributed by atoms with van der Waals surface area (Å²) in [6.45, 7) is 9.81. The number of carbonyl (C=O) groups excluding carboxylic acids is 1. The van der Waals surface area contributed by atoms with Gasteiger partial charge in [-0.1, -0.05) is 12.1 Å². The fraction of sp³-hybridized carbons (Fsp3) is 0.533. The van der Waals surface area contributed by atoms with Gasteiger partial charge in [0.05, 0.1) is 12.6 Å². The lowest BCUT2D eigenvalue weighted by molar-refractivity contribution is -0.121. The average molecular weight is 266 g/mol. The molecule has 0 bridgehead atoms. The first-order chi connectivity index (χ1) is 8.69. The Morgan fingerprint density at radius 3 is 2.53 bits per heavy atom. The number of halogens is 1. The molecule has 1 aromatic carbocycles. The molecule has 0 spiro atoms. The summed E-state index contributed by atoms with van der Waals surface area (Å²) < 4.78 is 13.5. The van der Waals surface area contributed by atoms with Crippen LogP contribution in [-0.4, -0.2) is 18.0 Å². The number of nitrogens with one attached hydrogen (secondary N) is 2. The molecule has 0 aliphatic heterocycles. The van der Waals surface area contributed by atoms with E-state index in [-0.39, 0.29) is 29.8 Å². The topological polar surface area (TPSA) is 41.1 Å². The predicted octanol–water partition coefficient (Wildman–Crippen LogP) is 2.70. The summed E-state index contributed by atoms with van der Waals surface area (Å²) >= 11 is 0. The Morgan fingerprint density at radius 1 is 1.37 bits per heavy atom. The van der Waals surface area contributed by atoms with Crippen molar-refractivity contribution in [1.82, 2.24) is 10.6 Å². The second-order valence-corrected chi connectivity index (χ2v) is 5.90. The van der Waals surface area contributed by atoms with Crippen molar-refractivity contribution in [3.8, 4) is 0 Å². The molecule has 2 N–H and O–H groups in total. The van der Waals surface area contributed by atoms with Gasteiger partial charge in [-0.25, -0.2) is 4.39 Å². The van der Waals surface area contributed by atoms with Gasteiger partial charge < -0.3 is 10.6 Å². The fourth-order valence-corrected chi connectivity index (χ4v) is 1.60. The van der Waals surface area contributed by atoms with E-state index in [9.17, 15) is 9.18 Å². The summed E-state index contributed by atoms with van der Waals surface area (Å²) in [6, 6.07) is 4.82. The highest BCUT2D eigenvalue weighted by atomic mass is 19.1. The van der Waals surface area contributed by atoms with Crippen molar-refractivity contribution in [1.29, 1.82) is 0 Å². The summed E-state index contributed by atoms with van der Waals surface area (Å²) in [6.07, 6.45) is 0. The smallest absolute Gasteiger partial charge is 0.234 e. The van der Waals surface area contributed by atoms with Crippen molar-refractivity contribution in [2.24, 2.45) is 0 Å². The zero-order chi connectivity index (χ0) is 14.6. The largest absolute Gasteiger partial charge is 0.348 e. The lowest BCUT2D eigenvalue weighted by atomic mass is 10.1. The summed E-state index contributed by atoms with van der Waals surface area (Å²) in [5, 5.41) is 5.96. The molecule has 1 aromatic rings. The van der Waals surface area contributed by atoms with Crippen LogP contribution in [0.3, 0.4) is 0 Å². The molecular weight excluding hydrogens is 243 g/mol. The third kappa shape index (κ3) is 5.39. The van der Waals surface area contributed by atoms with Crippen LogP contribution < -0.4 is 10.6 Å². The molecule has 4 heteroatoms. The highest BCUT2D eigenvalue weighted by molar-refractivity contribution is 5.78. The highest BCUT2D eigenvalue weighted by Crippen LogP contribution is 2.16. The van der Waals surface area contributed by atoms with Crippen LogP contribution in [0.4, 0.5) is 4.39 Å². The van der Waals surface area contributed by atoms with Crippen molar-refractivity contribution in [2.75, 3.05) is 6.54 Å². The van der Waals surface area contributed by atoms with Crippen LogP contribution >= 0.6 is 0 Å². The number of rotatable bonds is 4. The van der Waals surface area contributed by atoms with Crippen LogP contribution in [-0.2, 0) is 4.79 Å². The Hall–Kier alpha value is -1.42. The van der Waals surface area contributed by atoms with Gasteiger partial charge in [0.1, 0.15) is 5.82 Å². The molecule has 19 heavy (non-hydrogen) atoms. The summed E-state index contributed by atoms with van der Waals surface area (Å²) in [5.41, 5.74) is 1.28. The van der Waals surface area contributed by atoms with Crippen LogP contribution in [0.15, 0.2) is 18.2 Å². The van der Waals surface area contributed by atoms with Crippen molar-refractivity contribution in [3.05, 3.63) is 35.1 Å². The van der Waals surface area contributed by atoms with Crippen LogP contribution in [0.5, 0.6) is 0 Å². The van der Waals surface area contributed by atoms with Crippen molar-refractivity contribution < 1.29 is 9.18 Å². The Labute approximate surface area is 114 Å². The van der Waals surface area contributed by atoms with E-state index in [0.29, 0.717) is 5.56 Å². The van der Waals surface area contributed by atoms with Gasteiger partial charge >= 0.3 is 0 Å². The van der Waals surface area contributed by atoms with E-state index >= 15 is 0 Å². The van der Waals surface area contributed by atoms with Gasteiger partial charge in [0.15, 0.2) is 0 Å². The number of benzene rings is 1. The normalized spacial score (nSPS) is 13.2. The molecule has 1 atom stereocenters. The van der Waals surface area contributed by atoms with E-state index in [2.05, 4.69) is 10.6 Å². The van der Waals surface area contributed by atoms with E-state index in [1.54, 1.807) is 13.0 Å². The SMILES string of the molecule is Cc1ccc(C(C)NC(=O)CNC(C)(C)C)cc1F. The monoisotopic (exact) mass is 266 g/mol. The molecule has 0 saturated heterocycles. The lowest BCUT2D eigenvalue weighted by Gasteiger charge is -2.21. The second-order valence-electron chi connectivity index (χ2n) is 5.90. The minimum atomic E-state index is -0.244. The quantitative estimate of drug-likeness (QED) is 0.879. The first-order valence-electron chi connectivity index (χ1n) is 6.49. The zero-order valence-corrected chi connectivity index (χ0v) is 12.3. The standard InChI is InChI=1S/C15H23FN2O/c1-10-6-7-12(8-13(10)16)11(2)18-14(19)9-17-15(3,4)5/h6-8,11,17H,9H2,1-5H3,(H,18,19). The summed E-state index contributed by atoms with van der Waals surface area (Å²) in [4.78, 5) is 11.8. The molecule has 1 amide bonds. The van der Waals surface area contributed by atoms with Gasteiger partial charge in [-0.05, 0) is 51.8 Å². The number of aryl methyl sites for hydroxylation is 1. The zero-order valence-electron chi connectivity index (χ0n) is 12.3. The Balaban J connectivity index is 2.56. The minimum absolute atomic E-state index is 0.0941. The van der Waals surface area contributed by atoms with Gasteiger partial charge in [-0.3, -0.25) is 4.79 Å². The van der Waals surface area contributed by atoms with Crippen molar-refractivity contribution in [3.63, 3.8) is 0 Å². The van der Waals surface area contributed by atoms with Crippen LogP contribution in [0, 0.1) is 12.7 Å². The van der Waals surface area contributed by atoms with Gasteiger partial charge in [0.2, 0.25) is 5.91 Å². The first-order valence-corrected chi connectivity index (χ1v) is 6.49. The second kappa shape index (κ2) is 6.15. The number of carbonyl (C=O) groups is 1. The minimum Gasteiger partial charge on any atom is -0.348 e. The van der Waals surface area contributed by atoms with Crippen molar-refractivity contribution in [2.45, 2.75) is 46.2 Å². The van der Waals surface area contributed by atoms with E-state index in [1.807, 2.05) is 33.8 Å². The Kier molecular flexibility index (Phi) is 5.06. The van der Waals surface area contributed by atoms with Crippen LogP contribution in [0.1, 0.15) is 44.9 Å². The van der Waals surface area contributed by atoms with E-state index < -0.39 is 0 Å². The Bertz CT molecular complexity index is 452. The van der Waals surface area contributed by atoms with Gasteiger partial charge in [-0.15, -0.1) is 0 Å². The third-order valence-electron chi connectivity index (χ3n) is 2.85. The maximum absolute atomic E-state index is 13.5. The third-order valence-corrected chi connectivity index (χ3v) is 2.85. The van der Waals surface area contributed by atoms with Gasteiger partial charge in [0.25, 0.3) is 0 Å². The van der Waals surface area contributed by atoms with Crippen LogP contribution in [0.2, 0.25) is 0 Å². The van der Waals surface area contributed by atoms with Crippen molar-refractivity contribution >= 4 is 5.91 Å². The lowest BCUT2D eigenvalue weighted by Crippen LogP contribution is -2.43. The molecule has 106 valence electrons. The molecule has 0 aliphatic carbocycles. The van der Waals surface area contributed by atoms with E-state index in [1.165, 1.54) is 6.07 Å². The molecule has 0 aliphatic rings. The summed E-state index contributed by atoms with van der Waals surface area (Å²) in [5.74, 6) is -0.338. The summed E-state index contributed by atoms with van der Waals surface area (Å²) in [7, 11) is 0. The number of hydrogen-bond acceptors (Lipinski definition) is 2. The van der Waals surface area contributed by atoms with Crippen LogP contribution in [0.25, 0.3) is 0 Å². The Morgan fingerprint density at radius 2 is 2.00 bits per heavy atom. The maximum atomic E-state index is 13.5. The number of amides is 1.